The van der Waals surface area contributed by atoms with Crippen LogP contribution >= 0.6 is 0 Å². The summed E-state index contributed by atoms with van der Waals surface area (Å²) in [7, 11) is 3.98. The van der Waals surface area contributed by atoms with Crippen molar-refractivity contribution in [2.45, 2.75) is 12.1 Å². The second kappa shape index (κ2) is 7.93. The molecule has 2 heterocycles. The van der Waals surface area contributed by atoms with Gasteiger partial charge in [-0.25, -0.2) is 0 Å². The molecule has 1 amide bonds. The Balaban J connectivity index is 1.50. The first-order valence-electron chi connectivity index (χ1n) is 9.46. The van der Waals surface area contributed by atoms with Gasteiger partial charge < -0.3 is 20.1 Å². The first-order chi connectivity index (χ1) is 14.0. The number of aliphatic hydroxyl groups is 1. The lowest BCUT2D eigenvalue weighted by Gasteiger charge is -2.30. The average Bonchev–Trinajstić information content (AvgIpc) is 2.76. The topological polar surface area (TPSA) is 74.7 Å². The summed E-state index contributed by atoms with van der Waals surface area (Å²) in [6.07, 6.45) is 2.44. The fourth-order valence-electron chi connectivity index (χ4n) is 3.39. The highest BCUT2D eigenvalue weighted by Crippen LogP contribution is 2.31. The number of aromatic nitrogens is 1. The van der Waals surface area contributed by atoms with Crippen LogP contribution < -0.4 is 15.0 Å². The lowest BCUT2D eigenvalue weighted by atomic mass is 9.99. The molecule has 1 aliphatic heterocycles. The van der Waals surface area contributed by atoms with Gasteiger partial charge in [-0.15, -0.1) is 0 Å². The molecule has 0 spiro atoms. The fraction of sp³-hybridized carbons (Fsp3) is 0.217. The number of hydrogen-bond acceptors (Lipinski definition) is 5. The summed E-state index contributed by atoms with van der Waals surface area (Å²) in [6, 6.07) is 16.6. The quantitative estimate of drug-likeness (QED) is 0.717. The zero-order valence-corrected chi connectivity index (χ0v) is 16.4. The molecule has 2 aromatic carbocycles. The minimum atomic E-state index is -0.821. The van der Waals surface area contributed by atoms with E-state index in [9.17, 15) is 9.90 Å². The molecule has 1 aliphatic rings. The van der Waals surface area contributed by atoms with Gasteiger partial charge in [0.05, 0.1) is 11.6 Å². The predicted molar refractivity (Wildman–Crippen MR) is 112 cm³/mol. The fourth-order valence-corrected chi connectivity index (χ4v) is 3.39. The number of carbonyl (C=O) groups excluding carboxylic acids is 1. The first kappa shape index (κ1) is 19.0. The highest BCUT2D eigenvalue weighted by molar-refractivity contribution is 5.95. The number of pyridine rings is 1. The molecule has 2 atom stereocenters. The number of nitrogens with one attached hydrogen (secondary N) is 1. The molecule has 2 unspecified atom stereocenters. The predicted octanol–water partition coefficient (Wildman–Crippen LogP) is 3.04. The molecule has 0 bridgehead atoms. The van der Waals surface area contributed by atoms with Gasteiger partial charge in [0.25, 0.3) is 5.91 Å². The highest BCUT2D eigenvalue weighted by Gasteiger charge is 2.30. The first-order valence-corrected chi connectivity index (χ1v) is 9.46. The number of nitrogens with zero attached hydrogens (tertiary/aromatic N) is 2. The number of rotatable bonds is 4. The van der Waals surface area contributed by atoms with Crippen LogP contribution in [0.25, 0.3) is 11.1 Å². The van der Waals surface area contributed by atoms with Crippen molar-refractivity contribution in [3.63, 3.8) is 0 Å². The molecule has 0 saturated carbocycles. The monoisotopic (exact) mass is 389 g/mol. The molecule has 148 valence electrons. The molecular weight excluding hydrogens is 366 g/mol. The van der Waals surface area contributed by atoms with E-state index in [4.69, 9.17) is 4.74 Å². The Bertz CT molecular complexity index is 1020. The smallest absolute Gasteiger partial charge is 0.253 e. The lowest BCUT2D eigenvalue weighted by Crippen LogP contribution is -2.45. The number of aliphatic hydroxyl groups excluding tert-OH is 1. The Morgan fingerprint density at radius 3 is 2.62 bits per heavy atom. The maximum atomic E-state index is 12.8. The Kier molecular flexibility index (Phi) is 5.18. The molecule has 4 rings (SSSR count). The third kappa shape index (κ3) is 3.93. The zero-order chi connectivity index (χ0) is 20.4. The number of carbonyl (C=O) groups is 1. The number of fused-ring (bicyclic) bond motifs is 1. The summed E-state index contributed by atoms with van der Waals surface area (Å²) in [6.45, 7) is 0.211. The van der Waals surface area contributed by atoms with E-state index in [2.05, 4.69) is 10.3 Å². The van der Waals surface area contributed by atoms with E-state index in [1.165, 1.54) is 6.20 Å². The average molecular weight is 389 g/mol. The molecular formula is C23H23N3O3. The molecule has 0 radical (unpaired) electrons. The summed E-state index contributed by atoms with van der Waals surface area (Å²) >= 11 is 0. The molecule has 3 aromatic rings. The van der Waals surface area contributed by atoms with Crippen molar-refractivity contribution in [1.82, 2.24) is 10.3 Å². The van der Waals surface area contributed by atoms with Gasteiger partial charge in [0, 0.05) is 43.3 Å². The van der Waals surface area contributed by atoms with Crippen molar-refractivity contribution in [3.05, 3.63) is 78.1 Å². The van der Waals surface area contributed by atoms with Crippen molar-refractivity contribution in [3.8, 4) is 16.9 Å². The molecule has 6 nitrogen and oxygen atoms in total. The molecule has 0 aliphatic carbocycles. The molecule has 6 heteroatoms. The van der Waals surface area contributed by atoms with Gasteiger partial charge in [0.2, 0.25) is 0 Å². The van der Waals surface area contributed by atoms with E-state index >= 15 is 0 Å². The van der Waals surface area contributed by atoms with Crippen LogP contribution in [0.3, 0.4) is 0 Å². The largest absolute Gasteiger partial charge is 0.491 e. The summed E-state index contributed by atoms with van der Waals surface area (Å²) in [5, 5.41) is 13.5. The Labute approximate surface area is 169 Å². The maximum Gasteiger partial charge on any atom is 0.253 e. The number of benzene rings is 2. The number of hydrogen-bond donors (Lipinski definition) is 2. The van der Waals surface area contributed by atoms with Crippen molar-refractivity contribution >= 4 is 11.6 Å². The van der Waals surface area contributed by atoms with Crippen LogP contribution in [0.2, 0.25) is 0 Å². The van der Waals surface area contributed by atoms with E-state index in [0.717, 1.165) is 16.8 Å². The molecule has 0 fully saturated rings. The van der Waals surface area contributed by atoms with E-state index in [0.29, 0.717) is 16.9 Å². The van der Waals surface area contributed by atoms with Crippen LogP contribution in [-0.2, 0) is 0 Å². The van der Waals surface area contributed by atoms with Gasteiger partial charge in [-0.2, -0.15) is 0 Å². The van der Waals surface area contributed by atoms with Gasteiger partial charge in [-0.1, -0.05) is 30.3 Å². The maximum absolute atomic E-state index is 12.8. The van der Waals surface area contributed by atoms with Gasteiger partial charge in [-0.3, -0.25) is 9.78 Å². The zero-order valence-electron chi connectivity index (χ0n) is 16.4. The summed E-state index contributed by atoms with van der Waals surface area (Å²) < 4.78 is 5.67. The Hall–Kier alpha value is -3.38. The third-order valence-corrected chi connectivity index (χ3v) is 5.07. The highest BCUT2D eigenvalue weighted by atomic mass is 16.5. The van der Waals surface area contributed by atoms with Crippen LogP contribution in [0.15, 0.2) is 67.0 Å². The third-order valence-electron chi connectivity index (χ3n) is 5.07. The van der Waals surface area contributed by atoms with Crippen molar-refractivity contribution in [2.24, 2.45) is 0 Å². The standard InChI is InChI=1S/C23H23N3O3/c1-26(2)18-9-7-15(8-10-18)16-11-17(13-24-12-16)23(28)25-20-14-29-21-6-4-3-5-19(21)22(20)27/h3-13,20,22,27H,14H2,1-2H3,(H,25,28). The van der Waals surface area contributed by atoms with E-state index in [1.807, 2.05) is 61.5 Å². The van der Waals surface area contributed by atoms with Crippen LogP contribution in [0.5, 0.6) is 5.75 Å². The van der Waals surface area contributed by atoms with Gasteiger partial charge >= 0.3 is 0 Å². The van der Waals surface area contributed by atoms with Crippen LogP contribution in [-0.4, -0.2) is 42.7 Å². The SMILES string of the molecule is CN(C)c1ccc(-c2cncc(C(=O)NC3COc4ccccc4C3O)c2)cc1. The summed E-state index contributed by atoms with van der Waals surface area (Å²) in [5.41, 5.74) is 4.05. The minimum absolute atomic E-state index is 0.211. The van der Waals surface area contributed by atoms with Crippen LogP contribution in [0.1, 0.15) is 22.0 Å². The second-order valence-corrected chi connectivity index (χ2v) is 7.28. The van der Waals surface area contributed by atoms with Crippen molar-refractivity contribution in [1.29, 1.82) is 0 Å². The van der Waals surface area contributed by atoms with E-state index in [-0.39, 0.29) is 12.5 Å². The lowest BCUT2D eigenvalue weighted by molar-refractivity contribution is 0.0616. The van der Waals surface area contributed by atoms with Gasteiger partial charge in [-0.05, 0) is 29.8 Å². The van der Waals surface area contributed by atoms with E-state index < -0.39 is 12.1 Å². The molecule has 0 saturated heterocycles. The second-order valence-electron chi connectivity index (χ2n) is 7.28. The number of para-hydroxylation sites is 1. The van der Waals surface area contributed by atoms with Crippen LogP contribution in [0, 0.1) is 0 Å². The molecule has 29 heavy (non-hydrogen) atoms. The number of anilines is 1. The Morgan fingerprint density at radius 2 is 1.86 bits per heavy atom. The van der Waals surface area contributed by atoms with Gasteiger partial charge in [0.1, 0.15) is 18.5 Å². The summed E-state index contributed by atoms with van der Waals surface area (Å²) in [5.74, 6) is 0.353. The van der Waals surface area contributed by atoms with E-state index in [1.54, 1.807) is 18.3 Å². The number of amides is 1. The molecule has 2 N–H and O–H groups in total. The van der Waals surface area contributed by atoms with Crippen molar-refractivity contribution in [2.75, 3.05) is 25.6 Å². The van der Waals surface area contributed by atoms with Crippen LogP contribution in [0.4, 0.5) is 5.69 Å². The van der Waals surface area contributed by atoms with Crippen molar-refractivity contribution < 1.29 is 14.6 Å². The van der Waals surface area contributed by atoms with Gasteiger partial charge in [0.15, 0.2) is 0 Å². The Morgan fingerprint density at radius 1 is 1.10 bits per heavy atom. The normalized spacial score (nSPS) is 17.8. The molecule has 1 aromatic heterocycles. The summed E-state index contributed by atoms with van der Waals surface area (Å²) in [4.78, 5) is 19.0. The number of ether oxygens (including phenoxy) is 1. The minimum Gasteiger partial charge on any atom is -0.491 e.